The molecule has 0 aliphatic heterocycles. The van der Waals surface area contributed by atoms with Crippen LogP contribution in [0.15, 0.2) is 18.3 Å². The predicted molar refractivity (Wildman–Crippen MR) is 78.6 cm³/mol. The third-order valence-electron chi connectivity index (χ3n) is 3.42. The predicted octanol–water partition coefficient (Wildman–Crippen LogP) is 3.57. The molecule has 1 aromatic rings. The summed E-state index contributed by atoms with van der Waals surface area (Å²) in [5.74, 6) is 0.711. The van der Waals surface area contributed by atoms with Gasteiger partial charge in [0.25, 0.3) is 0 Å². The molecule has 0 radical (unpaired) electrons. The van der Waals surface area contributed by atoms with Gasteiger partial charge in [0, 0.05) is 17.5 Å². The van der Waals surface area contributed by atoms with Gasteiger partial charge in [0.2, 0.25) is 5.88 Å². The van der Waals surface area contributed by atoms with E-state index in [9.17, 15) is 0 Å². The van der Waals surface area contributed by atoms with Crippen LogP contribution in [-0.4, -0.2) is 28.6 Å². The second kappa shape index (κ2) is 5.83. The van der Waals surface area contributed by atoms with Crippen LogP contribution >= 0.6 is 11.8 Å². The Balaban J connectivity index is 2.00. The van der Waals surface area contributed by atoms with Crippen molar-refractivity contribution in [2.75, 3.05) is 18.1 Å². The molecule has 4 heteroatoms. The summed E-state index contributed by atoms with van der Waals surface area (Å²) in [4.78, 5) is 4.30. The first-order valence-electron chi connectivity index (χ1n) is 6.56. The average Bonchev–Trinajstić information content (AvgIpc) is 2.29. The summed E-state index contributed by atoms with van der Waals surface area (Å²) in [7, 11) is 0. The number of aromatic nitrogens is 1. The number of pyridine rings is 1. The summed E-state index contributed by atoms with van der Waals surface area (Å²) in [6.07, 6.45) is 8.10. The molecule has 0 saturated heterocycles. The van der Waals surface area contributed by atoms with Crippen LogP contribution < -0.4 is 10.1 Å². The van der Waals surface area contributed by atoms with Crippen molar-refractivity contribution in [3.05, 3.63) is 18.3 Å². The molecular weight excluding hydrogens is 244 g/mol. The van der Waals surface area contributed by atoms with Crippen molar-refractivity contribution in [2.24, 2.45) is 0 Å². The molecule has 1 aliphatic rings. The Hall–Kier alpha value is -0.900. The Labute approximate surface area is 114 Å². The first-order valence-corrected chi connectivity index (χ1v) is 7.78. The summed E-state index contributed by atoms with van der Waals surface area (Å²) in [5.41, 5.74) is 1.01. The largest absolute Gasteiger partial charge is 0.473 e. The van der Waals surface area contributed by atoms with Gasteiger partial charge < -0.3 is 10.1 Å². The van der Waals surface area contributed by atoms with Crippen LogP contribution in [0.3, 0.4) is 0 Å². The molecule has 1 aromatic heterocycles. The van der Waals surface area contributed by atoms with Gasteiger partial charge in [-0.15, -0.1) is 0 Å². The van der Waals surface area contributed by atoms with E-state index in [-0.39, 0.29) is 6.10 Å². The third-order valence-corrected chi connectivity index (χ3v) is 4.84. The summed E-state index contributed by atoms with van der Waals surface area (Å²) in [6.45, 7) is 5.04. The fourth-order valence-electron chi connectivity index (χ4n) is 2.12. The number of hydrogen-bond acceptors (Lipinski definition) is 4. The zero-order valence-electron chi connectivity index (χ0n) is 11.4. The summed E-state index contributed by atoms with van der Waals surface area (Å²) in [5, 5.41) is 3.50. The van der Waals surface area contributed by atoms with Crippen molar-refractivity contribution < 1.29 is 4.74 Å². The van der Waals surface area contributed by atoms with Crippen LogP contribution in [0.25, 0.3) is 0 Å². The Bertz CT molecular complexity index is 386. The van der Waals surface area contributed by atoms with E-state index in [2.05, 4.69) is 16.6 Å². The second-order valence-corrected chi connectivity index (χ2v) is 6.39. The number of rotatable bonds is 6. The van der Waals surface area contributed by atoms with E-state index in [0.717, 1.165) is 12.2 Å². The van der Waals surface area contributed by atoms with Crippen LogP contribution in [0.2, 0.25) is 0 Å². The molecular formula is C14H22N2OS. The van der Waals surface area contributed by atoms with E-state index in [1.807, 2.05) is 37.7 Å². The van der Waals surface area contributed by atoms with Crippen LogP contribution in [-0.2, 0) is 0 Å². The molecule has 1 saturated carbocycles. The molecule has 0 spiro atoms. The molecule has 1 aliphatic carbocycles. The molecule has 3 nitrogen and oxygen atoms in total. The molecule has 1 heterocycles. The van der Waals surface area contributed by atoms with Crippen molar-refractivity contribution >= 4 is 17.4 Å². The molecule has 1 N–H and O–H groups in total. The maximum Gasteiger partial charge on any atom is 0.237 e. The molecule has 0 amide bonds. The minimum atomic E-state index is 0.152. The van der Waals surface area contributed by atoms with E-state index in [1.54, 1.807) is 6.20 Å². The monoisotopic (exact) mass is 266 g/mol. The molecule has 0 aromatic carbocycles. The standard InChI is InChI=1S/C14H22N2OS/c1-11(2)17-13-12(6-4-9-15-13)16-10-14(18-3)7-5-8-14/h4,6,9,11,16H,5,7-8,10H2,1-3H3. The minimum absolute atomic E-state index is 0.152. The molecule has 18 heavy (non-hydrogen) atoms. The van der Waals surface area contributed by atoms with Gasteiger partial charge in [-0.25, -0.2) is 4.98 Å². The Morgan fingerprint density at radius 1 is 1.50 bits per heavy atom. The van der Waals surface area contributed by atoms with Crippen molar-refractivity contribution in [1.82, 2.24) is 4.98 Å². The molecule has 0 bridgehead atoms. The van der Waals surface area contributed by atoms with Crippen LogP contribution in [0.1, 0.15) is 33.1 Å². The molecule has 2 rings (SSSR count). The highest BCUT2D eigenvalue weighted by Gasteiger charge is 2.35. The first-order chi connectivity index (χ1) is 8.65. The fourth-order valence-corrected chi connectivity index (χ4v) is 3.04. The van der Waals surface area contributed by atoms with E-state index < -0.39 is 0 Å². The second-order valence-electron chi connectivity index (χ2n) is 5.12. The highest BCUT2D eigenvalue weighted by molar-refractivity contribution is 8.00. The van der Waals surface area contributed by atoms with Gasteiger partial charge in [0.15, 0.2) is 0 Å². The lowest BCUT2D eigenvalue weighted by Gasteiger charge is -2.40. The number of nitrogens with zero attached hydrogens (tertiary/aromatic N) is 1. The lowest BCUT2D eigenvalue weighted by atomic mass is 9.84. The number of nitrogens with one attached hydrogen (secondary N) is 1. The van der Waals surface area contributed by atoms with Gasteiger partial charge in [0.1, 0.15) is 0 Å². The first kappa shape index (κ1) is 13.5. The van der Waals surface area contributed by atoms with Crippen LogP contribution in [0, 0.1) is 0 Å². The highest BCUT2D eigenvalue weighted by Crippen LogP contribution is 2.43. The van der Waals surface area contributed by atoms with Crippen molar-refractivity contribution in [3.63, 3.8) is 0 Å². The quantitative estimate of drug-likeness (QED) is 0.853. The topological polar surface area (TPSA) is 34.2 Å². The number of hydrogen-bond donors (Lipinski definition) is 1. The van der Waals surface area contributed by atoms with Crippen molar-refractivity contribution in [3.8, 4) is 5.88 Å². The fraction of sp³-hybridized carbons (Fsp3) is 0.643. The minimum Gasteiger partial charge on any atom is -0.473 e. The van der Waals surface area contributed by atoms with Gasteiger partial charge in [-0.1, -0.05) is 6.42 Å². The highest BCUT2D eigenvalue weighted by atomic mass is 32.2. The van der Waals surface area contributed by atoms with Gasteiger partial charge in [-0.05, 0) is 45.1 Å². The summed E-state index contributed by atoms with van der Waals surface area (Å²) >= 11 is 1.97. The molecule has 0 atom stereocenters. The SMILES string of the molecule is CSC1(CNc2cccnc2OC(C)C)CCC1. The normalized spacial score (nSPS) is 17.3. The van der Waals surface area contributed by atoms with Gasteiger partial charge in [0.05, 0.1) is 11.8 Å². The van der Waals surface area contributed by atoms with Crippen molar-refractivity contribution in [1.29, 1.82) is 0 Å². The van der Waals surface area contributed by atoms with E-state index >= 15 is 0 Å². The molecule has 1 fully saturated rings. The van der Waals surface area contributed by atoms with Crippen molar-refractivity contribution in [2.45, 2.75) is 44.0 Å². The number of ether oxygens (including phenoxy) is 1. The smallest absolute Gasteiger partial charge is 0.237 e. The average molecular weight is 266 g/mol. The lowest BCUT2D eigenvalue weighted by molar-refractivity contribution is 0.234. The van der Waals surface area contributed by atoms with Crippen LogP contribution in [0.5, 0.6) is 5.88 Å². The van der Waals surface area contributed by atoms with Gasteiger partial charge in [-0.2, -0.15) is 11.8 Å². The van der Waals surface area contributed by atoms with E-state index in [0.29, 0.717) is 10.6 Å². The van der Waals surface area contributed by atoms with Gasteiger partial charge in [-0.3, -0.25) is 0 Å². The maximum absolute atomic E-state index is 5.72. The van der Waals surface area contributed by atoms with Gasteiger partial charge >= 0.3 is 0 Å². The summed E-state index contributed by atoms with van der Waals surface area (Å²) < 4.78 is 6.14. The number of anilines is 1. The maximum atomic E-state index is 5.72. The van der Waals surface area contributed by atoms with Crippen LogP contribution in [0.4, 0.5) is 5.69 Å². The molecule has 100 valence electrons. The Kier molecular flexibility index (Phi) is 4.38. The number of thioether (sulfide) groups is 1. The van der Waals surface area contributed by atoms with E-state index in [4.69, 9.17) is 4.74 Å². The van der Waals surface area contributed by atoms with E-state index in [1.165, 1.54) is 19.3 Å². The zero-order chi connectivity index (χ0) is 13.0. The molecule has 0 unspecified atom stereocenters. The zero-order valence-corrected chi connectivity index (χ0v) is 12.2. The Morgan fingerprint density at radius 3 is 2.83 bits per heavy atom. The Morgan fingerprint density at radius 2 is 2.28 bits per heavy atom. The lowest BCUT2D eigenvalue weighted by Crippen LogP contribution is -2.40. The summed E-state index contributed by atoms with van der Waals surface area (Å²) in [6, 6.07) is 3.99. The third kappa shape index (κ3) is 3.10.